The van der Waals surface area contributed by atoms with Crippen LogP contribution in [0.2, 0.25) is 0 Å². The molecule has 3 nitrogen and oxygen atoms in total. The fourth-order valence-corrected chi connectivity index (χ4v) is 2.26. The highest BCUT2D eigenvalue weighted by molar-refractivity contribution is 7.92. The van der Waals surface area contributed by atoms with Crippen LogP contribution < -0.4 is 5.32 Å². The Balaban J connectivity index is 2.31. The van der Waals surface area contributed by atoms with Crippen LogP contribution in [0.4, 0.5) is 0 Å². The molecule has 16 heavy (non-hydrogen) atoms. The molecule has 1 aromatic heterocycles. The second-order valence-electron chi connectivity index (χ2n) is 4.54. The fourth-order valence-electron chi connectivity index (χ4n) is 1.19. The molecule has 5 heteroatoms. The topological polar surface area (TPSA) is 46.2 Å². The zero-order valence-corrected chi connectivity index (χ0v) is 11.6. The minimum atomic E-state index is -3.00. The molecule has 1 aromatic rings. The molecule has 0 saturated carbocycles. The fraction of sp³-hybridized carbons (Fsp3) is 0.636. The molecule has 0 spiro atoms. The van der Waals surface area contributed by atoms with Gasteiger partial charge < -0.3 is 5.32 Å². The van der Waals surface area contributed by atoms with Gasteiger partial charge in [-0.1, -0.05) is 6.07 Å². The lowest BCUT2D eigenvalue weighted by Gasteiger charge is -2.22. The van der Waals surface area contributed by atoms with Crippen LogP contribution >= 0.6 is 11.3 Å². The summed E-state index contributed by atoms with van der Waals surface area (Å²) in [5.41, 5.74) is 0. The second-order valence-corrected chi connectivity index (χ2v) is 8.22. The average molecular weight is 261 g/mol. The molecule has 0 saturated heterocycles. The highest BCUT2D eigenvalue weighted by Crippen LogP contribution is 2.13. The lowest BCUT2D eigenvalue weighted by Crippen LogP contribution is -2.42. The van der Waals surface area contributed by atoms with Crippen molar-refractivity contribution in [3.63, 3.8) is 0 Å². The summed E-state index contributed by atoms with van der Waals surface area (Å²) in [4.78, 5) is 1.32. The minimum Gasteiger partial charge on any atom is -0.315 e. The Kier molecular flexibility index (Phi) is 4.52. The van der Waals surface area contributed by atoms with E-state index in [1.807, 2.05) is 6.07 Å². The molecular weight excluding hydrogens is 242 g/mol. The van der Waals surface area contributed by atoms with Gasteiger partial charge in [0.15, 0.2) is 9.84 Å². The molecule has 0 unspecified atom stereocenters. The normalized spacial score (nSPS) is 12.9. The molecule has 1 N–H and O–H groups in total. The Morgan fingerprint density at radius 3 is 2.62 bits per heavy atom. The molecule has 0 aliphatic heterocycles. The smallest absolute Gasteiger partial charge is 0.153 e. The van der Waals surface area contributed by atoms with Crippen molar-refractivity contribution in [3.05, 3.63) is 22.4 Å². The van der Waals surface area contributed by atoms with Gasteiger partial charge in [0.1, 0.15) is 0 Å². The first kappa shape index (κ1) is 13.7. The predicted molar refractivity (Wildman–Crippen MR) is 69.8 cm³/mol. The first-order chi connectivity index (χ1) is 7.33. The number of nitrogens with one attached hydrogen (secondary N) is 1. The number of rotatable bonds is 6. The van der Waals surface area contributed by atoms with Crippen LogP contribution in [0.3, 0.4) is 0 Å². The van der Waals surface area contributed by atoms with Crippen molar-refractivity contribution in [2.75, 3.05) is 19.3 Å². The first-order valence-corrected chi connectivity index (χ1v) is 8.03. The Bertz CT molecular complexity index is 407. The van der Waals surface area contributed by atoms with Crippen LogP contribution in [0.5, 0.6) is 0 Å². The molecule has 0 atom stereocenters. The lowest BCUT2D eigenvalue weighted by atomic mass is 10.2. The monoisotopic (exact) mass is 261 g/mol. The van der Waals surface area contributed by atoms with Gasteiger partial charge in [-0.3, -0.25) is 0 Å². The van der Waals surface area contributed by atoms with Crippen LogP contribution in [0.15, 0.2) is 17.5 Å². The number of thiophene rings is 1. The van der Waals surface area contributed by atoms with E-state index in [1.165, 1.54) is 11.1 Å². The molecule has 0 aliphatic carbocycles. The van der Waals surface area contributed by atoms with Crippen LogP contribution in [-0.4, -0.2) is 32.5 Å². The van der Waals surface area contributed by atoms with Crippen molar-refractivity contribution in [2.24, 2.45) is 0 Å². The van der Waals surface area contributed by atoms with Crippen molar-refractivity contribution in [2.45, 2.75) is 25.0 Å². The van der Waals surface area contributed by atoms with Crippen LogP contribution in [0, 0.1) is 0 Å². The maximum Gasteiger partial charge on any atom is 0.153 e. The van der Waals surface area contributed by atoms with Crippen molar-refractivity contribution >= 4 is 21.2 Å². The standard InChI is InChI=1S/C11H19NO2S2/c1-11(2,16(3,13)14)9-12-7-6-10-5-4-8-15-10/h4-5,8,12H,6-7,9H2,1-3H3. The van der Waals surface area contributed by atoms with Gasteiger partial charge in [-0.05, 0) is 31.7 Å². The molecule has 0 aliphatic rings. The minimum absolute atomic E-state index is 0.497. The summed E-state index contributed by atoms with van der Waals surface area (Å²) in [6, 6.07) is 4.12. The van der Waals surface area contributed by atoms with Crippen molar-refractivity contribution < 1.29 is 8.42 Å². The highest BCUT2D eigenvalue weighted by Gasteiger charge is 2.29. The van der Waals surface area contributed by atoms with E-state index in [4.69, 9.17) is 0 Å². The van der Waals surface area contributed by atoms with E-state index in [1.54, 1.807) is 25.2 Å². The van der Waals surface area contributed by atoms with Crippen molar-refractivity contribution in [3.8, 4) is 0 Å². The Hall–Kier alpha value is -0.390. The van der Waals surface area contributed by atoms with Crippen LogP contribution in [-0.2, 0) is 16.3 Å². The third-order valence-corrected chi connectivity index (χ3v) is 5.77. The molecule has 0 bridgehead atoms. The number of hydrogen-bond acceptors (Lipinski definition) is 4. The summed E-state index contributed by atoms with van der Waals surface area (Å²) in [5.74, 6) is 0. The number of sulfone groups is 1. The van der Waals surface area contributed by atoms with E-state index >= 15 is 0 Å². The van der Waals surface area contributed by atoms with Gasteiger partial charge in [0.2, 0.25) is 0 Å². The van der Waals surface area contributed by atoms with E-state index in [-0.39, 0.29) is 0 Å². The van der Waals surface area contributed by atoms with E-state index in [0.717, 1.165) is 13.0 Å². The first-order valence-electron chi connectivity index (χ1n) is 5.26. The largest absolute Gasteiger partial charge is 0.315 e. The second kappa shape index (κ2) is 5.29. The third-order valence-electron chi connectivity index (χ3n) is 2.68. The van der Waals surface area contributed by atoms with E-state index < -0.39 is 14.6 Å². The van der Waals surface area contributed by atoms with Crippen LogP contribution in [0.25, 0.3) is 0 Å². The average Bonchev–Trinajstić information content (AvgIpc) is 2.63. The summed E-state index contributed by atoms with van der Waals surface area (Å²) < 4.78 is 22.2. The molecule has 0 aromatic carbocycles. The van der Waals surface area contributed by atoms with Gasteiger partial charge in [-0.2, -0.15) is 0 Å². The Morgan fingerprint density at radius 1 is 1.44 bits per heavy atom. The SMILES string of the molecule is CC(C)(CNCCc1cccs1)S(C)(=O)=O. The van der Waals surface area contributed by atoms with Crippen LogP contribution in [0.1, 0.15) is 18.7 Å². The van der Waals surface area contributed by atoms with Gasteiger partial charge in [0, 0.05) is 24.2 Å². The Labute approximate surface area is 102 Å². The summed E-state index contributed by atoms with van der Waals surface area (Å²) in [6.07, 6.45) is 2.24. The van der Waals surface area contributed by atoms with Gasteiger partial charge in [-0.15, -0.1) is 11.3 Å². The quantitative estimate of drug-likeness (QED) is 0.793. The maximum atomic E-state index is 11.4. The number of hydrogen-bond donors (Lipinski definition) is 1. The van der Waals surface area contributed by atoms with Gasteiger partial charge in [-0.25, -0.2) is 8.42 Å². The Morgan fingerprint density at radius 2 is 2.12 bits per heavy atom. The lowest BCUT2D eigenvalue weighted by molar-refractivity contribution is 0.523. The maximum absolute atomic E-state index is 11.4. The molecule has 0 fully saturated rings. The van der Waals surface area contributed by atoms with Gasteiger partial charge in [0.25, 0.3) is 0 Å². The third kappa shape index (κ3) is 3.88. The predicted octanol–water partition coefficient (Wildman–Crippen LogP) is 1.70. The molecule has 1 rings (SSSR count). The van der Waals surface area contributed by atoms with Gasteiger partial charge in [0.05, 0.1) is 4.75 Å². The zero-order chi connectivity index (χ0) is 12.2. The van der Waals surface area contributed by atoms with Gasteiger partial charge >= 0.3 is 0 Å². The molecular formula is C11H19NO2S2. The summed E-state index contributed by atoms with van der Waals surface area (Å²) >= 11 is 1.73. The van der Waals surface area contributed by atoms with Crippen molar-refractivity contribution in [1.82, 2.24) is 5.32 Å². The van der Waals surface area contributed by atoms with E-state index in [9.17, 15) is 8.42 Å². The summed E-state index contributed by atoms with van der Waals surface area (Å²) in [5, 5.41) is 5.25. The zero-order valence-electron chi connectivity index (χ0n) is 9.99. The molecule has 0 amide bonds. The molecule has 0 radical (unpaired) electrons. The van der Waals surface area contributed by atoms with E-state index in [2.05, 4.69) is 16.8 Å². The molecule has 92 valence electrons. The van der Waals surface area contributed by atoms with E-state index in [0.29, 0.717) is 6.54 Å². The molecule has 1 heterocycles. The summed E-state index contributed by atoms with van der Waals surface area (Å²) in [6.45, 7) is 4.82. The van der Waals surface area contributed by atoms with Crippen molar-refractivity contribution in [1.29, 1.82) is 0 Å². The summed E-state index contributed by atoms with van der Waals surface area (Å²) in [7, 11) is -3.00. The highest BCUT2D eigenvalue weighted by atomic mass is 32.2.